The van der Waals surface area contributed by atoms with Crippen LogP contribution in [0.25, 0.3) is 0 Å². The van der Waals surface area contributed by atoms with Gasteiger partial charge in [-0.3, -0.25) is 0 Å². The predicted molar refractivity (Wildman–Crippen MR) is 52.3 cm³/mol. The minimum atomic E-state index is -0.0773. The van der Waals surface area contributed by atoms with Crippen molar-refractivity contribution in [3.8, 4) is 0 Å². The zero-order chi connectivity index (χ0) is 9.90. The first-order valence-corrected chi connectivity index (χ1v) is 4.38. The second-order valence-corrected chi connectivity index (χ2v) is 4.00. The fourth-order valence-electron chi connectivity index (χ4n) is 0.957. The van der Waals surface area contributed by atoms with Crippen molar-refractivity contribution in [2.24, 2.45) is 0 Å². The van der Waals surface area contributed by atoms with Gasteiger partial charge >= 0.3 is 0 Å². The van der Waals surface area contributed by atoms with Crippen LogP contribution in [0, 0.1) is 0 Å². The van der Waals surface area contributed by atoms with Crippen molar-refractivity contribution in [3.05, 3.63) is 12.5 Å². The minimum absolute atomic E-state index is 0.0773. The van der Waals surface area contributed by atoms with Gasteiger partial charge in [0.1, 0.15) is 5.82 Å². The Morgan fingerprint density at radius 3 is 2.69 bits per heavy atom. The Balaban J connectivity index is 2.28. The minimum Gasteiger partial charge on any atom is -0.382 e. The molecule has 1 rings (SSSR count). The molecule has 0 radical (unpaired) electrons. The summed E-state index contributed by atoms with van der Waals surface area (Å²) in [5, 5.41) is 0. The Morgan fingerprint density at radius 1 is 1.54 bits per heavy atom. The summed E-state index contributed by atoms with van der Waals surface area (Å²) >= 11 is 0. The predicted octanol–water partition coefficient (Wildman–Crippen LogP) is 1.28. The second kappa shape index (κ2) is 3.79. The normalized spacial score (nSPS) is 11.9. The summed E-state index contributed by atoms with van der Waals surface area (Å²) in [6.07, 6.45) is 3.51. The molecule has 74 valence electrons. The molecule has 0 saturated carbocycles. The molecule has 1 aromatic rings. The first-order valence-electron chi connectivity index (χ1n) is 4.38. The van der Waals surface area contributed by atoms with Crippen LogP contribution < -0.4 is 5.73 Å². The summed E-state index contributed by atoms with van der Waals surface area (Å²) in [5.41, 5.74) is 5.39. The lowest BCUT2D eigenvalue weighted by molar-refractivity contribution is -0.00682. The van der Waals surface area contributed by atoms with E-state index in [2.05, 4.69) is 4.98 Å². The molecule has 0 spiro atoms. The highest BCUT2D eigenvalue weighted by molar-refractivity contribution is 5.22. The zero-order valence-corrected chi connectivity index (χ0v) is 8.45. The van der Waals surface area contributed by atoms with Gasteiger partial charge in [-0.25, -0.2) is 4.98 Å². The number of imidazole rings is 1. The van der Waals surface area contributed by atoms with Crippen LogP contribution in [0.3, 0.4) is 0 Å². The van der Waals surface area contributed by atoms with Crippen LogP contribution in [-0.4, -0.2) is 21.8 Å². The fourth-order valence-corrected chi connectivity index (χ4v) is 0.957. The molecule has 4 nitrogen and oxygen atoms in total. The van der Waals surface area contributed by atoms with Gasteiger partial charge in [0.25, 0.3) is 0 Å². The van der Waals surface area contributed by atoms with Crippen LogP contribution >= 0.6 is 0 Å². The molecule has 0 aliphatic carbocycles. The lowest BCUT2D eigenvalue weighted by Gasteiger charge is -2.19. The smallest absolute Gasteiger partial charge is 0.141 e. The van der Waals surface area contributed by atoms with Crippen LogP contribution in [0.15, 0.2) is 12.5 Å². The summed E-state index contributed by atoms with van der Waals surface area (Å²) in [6.45, 7) is 7.58. The van der Waals surface area contributed by atoms with Crippen molar-refractivity contribution in [2.45, 2.75) is 32.9 Å². The molecule has 1 heterocycles. The molecule has 0 unspecified atom stereocenters. The molecule has 0 amide bonds. The van der Waals surface area contributed by atoms with Gasteiger partial charge in [-0.05, 0) is 20.8 Å². The van der Waals surface area contributed by atoms with Crippen molar-refractivity contribution in [3.63, 3.8) is 0 Å². The van der Waals surface area contributed by atoms with E-state index in [1.54, 1.807) is 12.5 Å². The van der Waals surface area contributed by atoms with Crippen LogP contribution in [0.5, 0.6) is 0 Å². The Morgan fingerprint density at radius 2 is 2.23 bits per heavy atom. The van der Waals surface area contributed by atoms with Crippen LogP contribution in [0.1, 0.15) is 20.8 Å². The van der Waals surface area contributed by atoms with Crippen molar-refractivity contribution < 1.29 is 4.74 Å². The average Bonchev–Trinajstić information content (AvgIpc) is 2.33. The van der Waals surface area contributed by atoms with Crippen molar-refractivity contribution in [2.75, 3.05) is 12.3 Å². The largest absolute Gasteiger partial charge is 0.382 e. The van der Waals surface area contributed by atoms with Crippen molar-refractivity contribution in [1.29, 1.82) is 0 Å². The number of nitrogens with two attached hydrogens (primary N) is 1. The maximum absolute atomic E-state index is 5.55. The lowest BCUT2D eigenvalue weighted by atomic mass is 10.2. The van der Waals surface area contributed by atoms with E-state index in [0.717, 1.165) is 6.54 Å². The maximum Gasteiger partial charge on any atom is 0.141 e. The average molecular weight is 183 g/mol. The fraction of sp³-hybridized carbons (Fsp3) is 0.667. The van der Waals surface area contributed by atoms with E-state index in [1.807, 2.05) is 25.3 Å². The van der Waals surface area contributed by atoms with E-state index < -0.39 is 0 Å². The third kappa shape index (κ3) is 3.94. The molecule has 0 atom stereocenters. The third-order valence-electron chi connectivity index (χ3n) is 1.54. The summed E-state index contributed by atoms with van der Waals surface area (Å²) in [6, 6.07) is 0. The van der Waals surface area contributed by atoms with Gasteiger partial charge in [0, 0.05) is 12.7 Å². The highest BCUT2D eigenvalue weighted by Gasteiger charge is 2.08. The molecule has 0 aliphatic rings. The van der Waals surface area contributed by atoms with Crippen LogP contribution in [0.4, 0.5) is 5.82 Å². The number of hydrogen-bond donors (Lipinski definition) is 1. The molecule has 13 heavy (non-hydrogen) atoms. The number of nitrogen functional groups attached to an aromatic ring is 1. The van der Waals surface area contributed by atoms with E-state index in [1.165, 1.54) is 0 Å². The number of hydrogen-bond acceptors (Lipinski definition) is 3. The topological polar surface area (TPSA) is 53.1 Å². The molecule has 0 aromatic carbocycles. The number of rotatable bonds is 3. The van der Waals surface area contributed by atoms with Crippen LogP contribution in [-0.2, 0) is 11.3 Å². The summed E-state index contributed by atoms with van der Waals surface area (Å²) in [7, 11) is 0. The maximum atomic E-state index is 5.55. The molecule has 4 heteroatoms. The second-order valence-electron chi connectivity index (χ2n) is 4.00. The summed E-state index contributed by atoms with van der Waals surface area (Å²) in [4.78, 5) is 3.92. The SMILES string of the molecule is CC(C)(C)OCCn1cnc(N)c1. The number of nitrogens with zero attached hydrogens (tertiary/aromatic N) is 2. The quantitative estimate of drug-likeness (QED) is 0.768. The molecule has 1 aromatic heterocycles. The number of ether oxygens (including phenoxy) is 1. The van der Waals surface area contributed by atoms with Crippen molar-refractivity contribution >= 4 is 5.82 Å². The molecule has 0 bridgehead atoms. The number of aromatic nitrogens is 2. The van der Waals surface area contributed by atoms with E-state index in [0.29, 0.717) is 12.4 Å². The van der Waals surface area contributed by atoms with Gasteiger partial charge in [-0.15, -0.1) is 0 Å². The highest BCUT2D eigenvalue weighted by atomic mass is 16.5. The first-order chi connectivity index (χ1) is 5.97. The van der Waals surface area contributed by atoms with Gasteiger partial charge in [-0.2, -0.15) is 0 Å². The summed E-state index contributed by atoms with van der Waals surface area (Å²) < 4.78 is 7.47. The van der Waals surface area contributed by atoms with Gasteiger partial charge in [0.15, 0.2) is 0 Å². The molecule has 2 N–H and O–H groups in total. The Bertz CT molecular complexity index is 262. The van der Waals surface area contributed by atoms with Gasteiger partial charge in [-0.1, -0.05) is 0 Å². The third-order valence-corrected chi connectivity index (χ3v) is 1.54. The standard InChI is InChI=1S/C9H17N3O/c1-9(2,3)13-5-4-12-6-8(10)11-7-12/h6-7H,4-5,10H2,1-3H3. The Hall–Kier alpha value is -1.03. The van der Waals surface area contributed by atoms with Crippen molar-refractivity contribution in [1.82, 2.24) is 9.55 Å². The van der Waals surface area contributed by atoms with Crippen LogP contribution in [0.2, 0.25) is 0 Å². The highest BCUT2D eigenvalue weighted by Crippen LogP contribution is 2.06. The zero-order valence-electron chi connectivity index (χ0n) is 8.45. The number of anilines is 1. The Labute approximate surface area is 78.7 Å². The van der Waals surface area contributed by atoms with Gasteiger partial charge in [0.2, 0.25) is 0 Å². The molecule has 0 saturated heterocycles. The van der Waals surface area contributed by atoms with E-state index in [4.69, 9.17) is 10.5 Å². The lowest BCUT2D eigenvalue weighted by Crippen LogP contribution is -2.21. The van der Waals surface area contributed by atoms with E-state index >= 15 is 0 Å². The molecular weight excluding hydrogens is 166 g/mol. The van der Waals surface area contributed by atoms with E-state index in [9.17, 15) is 0 Å². The Kier molecular flexibility index (Phi) is 2.93. The molecule has 0 fully saturated rings. The molecular formula is C9H17N3O. The van der Waals surface area contributed by atoms with Gasteiger partial charge in [0.05, 0.1) is 18.5 Å². The molecule has 0 aliphatic heterocycles. The summed E-state index contributed by atoms with van der Waals surface area (Å²) in [5.74, 6) is 0.552. The first kappa shape index (κ1) is 10.1. The monoisotopic (exact) mass is 183 g/mol. The van der Waals surface area contributed by atoms with Gasteiger partial charge < -0.3 is 15.0 Å². The van der Waals surface area contributed by atoms with E-state index in [-0.39, 0.29) is 5.60 Å².